The molecule has 0 radical (unpaired) electrons. The van der Waals surface area contributed by atoms with E-state index in [4.69, 9.17) is 26.0 Å². The van der Waals surface area contributed by atoms with E-state index >= 15 is 0 Å². The van der Waals surface area contributed by atoms with Gasteiger partial charge in [-0.15, -0.1) is 6.58 Å². The van der Waals surface area contributed by atoms with E-state index in [1.807, 2.05) is 13.8 Å². The maximum atomic E-state index is 8.99. The summed E-state index contributed by atoms with van der Waals surface area (Å²) in [4.78, 5) is 0. The standard InChI is InChI=1S/C8H17O3PS2/c1-4-8(7-9)14-12(13,10-5-2)11-6-3/h4,8-9H,1,5-7H2,2-3H3. The van der Waals surface area contributed by atoms with Gasteiger partial charge in [-0.25, -0.2) is 0 Å². The van der Waals surface area contributed by atoms with Crippen LogP contribution in [0.2, 0.25) is 0 Å². The third kappa shape index (κ3) is 5.49. The topological polar surface area (TPSA) is 38.7 Å². The van der Waals surface area contributed by atoms with Crippen molar-refractivity contribution in [3.05, 3.63) is 12.7 Å². The van der Waals surface area contributed by atoms with Gasteiger partial charge in [-0.2, -0.15) is 0 Å². The minimum Gasteiger partial charge on any atom is -0.395 e. The highest BCUT2D eigenvalue weighted by Crippen LogP contribution is 2.62. The molecule has 0 bridgehead atoms. The van der Waals surface area contributed by atoms with E-state index in [9.17, 15) is 0 Å². The van der Waals surface area contributed by atoms with Gasteiger partial charge in [-0.1, -0.05) is 17.5 Å². The lowest BCUT2D eigenvalue weighted by Gasteiger charge is -2.22. The SMILES string of the molecule is C=CC(CO)SP(=S)(OCC)OCC. The van der Waals surface area contributed by atoms with Crippen LogP contribution in [0.1, 0.15) is 13.8 Å². The lowest BCUT2D eigenvalue weighted by Crippen LogP contribution is -2.05. The van der Waals surface area contributed by atoms with Crippen molar-refractivity contribution in [1.82, 2.24) is 0 Å². The molecule has 1 unspecified atom stereocenters. The Hall–Kier alpha value is 0.620. The molecule has 0 aliphatic rings. The third-order valence-electron chi connectivity index (χ3n) is 1.28. The highest BCUT2D eigenvalue weighted by Gasteiger charge is 2.22. The monoisotopic (exact) mass is 256 g/mol. The normalized spacial score (nSPS) is 13.9. The summed E-state index contributed by atoms with van der Waals surface area (Å²) in [6.45, 7) is 8.43. The fraction of sp³-hybridized carbons (Fsp3) is 0.750. The molecule has 0 aromatic carbocycles. The Labute approximate surface area is 94.8 Å². The van der Waals surface area contributed by atoms with Gasteiger partial charge in [0.2, 0.25) is 5.69 Å². The molecule has 0 aromatic heterocycles. The van der Waals surface area contributed by atoms with Crippen molar-refractivity contribution in [3.63, 3.8) is 0 Å². The van der Waals surface area contributed by atoms with Crippen LogP contribution in [0.25, 0.3) is 0 Å². The summed E-state index contributed by atoms with van der Waals surface area (Å²) in [7, 11) is 0. The summed E-state index contributed by atoms with van der Waals surface area (Å²) < 4.78 is 10.8. The van der Waals surface area contributed by atoms with E-state index in [-0.39, 0.29) is 11.9 Å². The quantitative estimate of drug-likeness (QED) is 0.534. The Kier molecular flexibility index (Phi) is 8.20. The summed E-state index contributed by atoms with van der Waals surface area (Å²) in [5, 5.41) is 8.88. The van der Waals surface area contributed by atoms with Crippen molar-refractivity contribution in [2.45, 2.75) is 19.1 Å². The second kappa shape index (κ2) is 7.85. The number of rotatable bonds is 8. The highest BCUT2D eigenvalue weighted by molar-refractivity contribution is 8.68. The maximum Gasteiger partial charge on any atom is 0.247 e. The molecule has 84 valence electrons. The lowest BCUT2D eigenvalue weighted by atomic mass is 10.4. The van der Waals surface area contributed by atoms with Gasteiger partial charge in [0.05, 0.1) is 25.1 Å². The molecule has 14 heavy (non-hydrogen) atoms. The zero-order valence-corrected chi connectivity index (χ0v) is 11.0. The molecule has 0 aromatic rings. The van der Waals surface area contributed by atoms with Gasteiger partial charge in [0, 0.05) is 0 Å². The van der Waals surface area contributed by atoms with Gasteiger partial charge >= 0.3 is 0 Å². The minimum absolute atomic E-state index is 0.00665. The Bertz CT molecular complexity index is 201. The summed E-state index contributed by atoms with van der Waals surface area (Å²) in [5.74, 6) is 0. The van der Waals surface area contributed by atoms with Crippen LogP contribution in [0, 0.1) is 0 Å². The van der Waals surface area contributed by atoms with Gasteiger partial charge in [-0.3, -0.25) is 0 Å². The third-order valence-corrected chi connectivity index (χ3v) is 6.93. The van der Waals surface area contributed by atoms with E-state index in [0.29, 0.717) is 13.2 Å². The van der Waals surface area contributed by atoms with Crippen molar-refractivity contribution in [2.75, 3.05) is 19.8 Å². The van der Waals surface area contributed by atoms with Crippen molar-refractivity contribution in [3.8, 4) is 0 Å². The predicted molar refractivity (Wildman–Crippen MR) is 66.2 cm³/mol. The van der Waals surface area contributed by atoms with E-state index < -0.39 is 5.69 Å². The van der Waals surface area contributed by atoms with Crippen LogP contribution in [0.15, 0.2) is 12.7 Å². The highest BCUT2D eigenvalue weighted by atomic mass is 32.9. The second-order valence-corrected chi connectivity index (χ2v) is 8.78. The van der Waals surface area contributed by atoms with Crippen LogP contribution in [-0.2, 0) is 20.9 Å². The van der Waals surface area contributed by atoms with E-state index in [2.05, 4.69) is 6.58 Å². The molecule has 0 amide bonds. The second-order valence-electron chi connectivity index (χ2n) is 2.34. The minimum atomic E-state index is -2.29. The number of hydrogen-bond donors (Lipinski definition) is 1. The molecule has 0 aliphatic carbocycles. The number of aliphatic hydroxyl groups excluding tert-OH is 1. The van der Waals surface area contributed by atoms with E-state index in [0.717, 1.165) is 0 Å². The Morgan fingerprint density at radius 3 is 2.29 bits per heavy atom. The molecule has 0 saturated heterocycles. The zero-order valence-electron chi connectivity index (χ0n) is 8.51. The summed E-state index contributed by atoms with van der Waals surface area (Å²) in [5.41, 5.74) is -2.29. The first-order valence-corrected chi connectivity index (χ1v) is 8.55. The predicted octanol–water partition coefficient (Wildman–Crippen LogP) is 2.56. The van der Waals surface area contributed by atoms with E-state index in [1.54, 1.807) is 6.08 Å². The summed E-state index contributed by atoms with van der Waals surface area (Å²) in [6, 6.07) is 0. The Morgan fingerprint density at radius 2 is 2.00 bits per heavy atom. The van der Waals surface area contributed by atoms with Crippen LogP contribution in [0.3, 0.4) is 0 Å². The van der Waals surface area contributed by atoms with Gasteiger partial charge in [0.15, 0.2) is 0 Å². The van der Waals surface area contributed by atoms with Gasteiger partial charge in [0.1, 0.15) is 0 Å². The molecule has 6 heteroatoms. The summed E-state index contributed by atoms with van der Waals surface area (Å²) >= 11 is 6.63. The fourth-order valence-corrected chi connectivity index (χ4v) is 6.12. The van der Waals surface area contributed by atoms with Crippen molar-refractivity contribution in [1.29, 1.82) is 0 Å². The number of aliphatic hydroxyl groups is 1. The smallest absolute Gasteiger partial charge is 0.247 e. The Morgan fingerprint density at radius 1 is 1.50 bits per heavy atom. The van der Waals surface area contributed by atoms with Crippen LogP contribution in [-0.4, -0.2) is 30.2 Å². The first-order chi connectivity index (χ1) is 6.61. The molecule has 0 aliphatic heterocycles. The molecule has 0 fully saturated rings. The van der Waals surface area contributed by atoms with Gasteiger partial charge < -0.3 is 14.2 Å². The molecule has 0 rings (SSSR count). The van der Waals surface area contributed by atoms with Crippen molar-refractivity contribution >= 4 is 28.9 Å². The maximum absolute atomic E-state index is 8.99. The average molecular weight is 256 g/mol. The summed E-state index contributed by atoms with van der Waals surface area (Å²) in [6.07, 6.45) is 1.66. The fourth-order valence-electron chi connectivity index (χ4n) is 0.731. The van der Waals surface area contributed by atoms with Crippen LogP contribution in [0.4, 0.5) is 0 Å². The zero-order chi connectivity index (χ0) is 11.0. The molecular weight excluding hydrogens is 239 g/mol. The average Bonchev–Trinajstić information content (AvgIpc) is 2.15. The van der Waals surface area contributed by atoms with E-state index in [1.165, 1.54) is 11.4 Å². The molecule has 1 N–H and O–H groups in total. The molecule has 1 atom stereocenters. The van der Waals surface area contributed by atoms with Gasteiger partial charge in [0.25, 0.3) is 0 Å². The van der Waals surface area contributed by atoms with Gasteiger partial charge in [-0.05, 0) is 25.7 Å². The van der Waals surface area contributed by atoms with Crippen molar-refractivity contribution in [2.24, 2.45) is 0 Å². The Balaban J connectivity index is 4.33. The lowest BCUT2D eigenvalue weighted by molar-refractivity contribution is 0.279. The first kappa shape index (κ1) is 14.6. The van der Waals surface area contributed by atoms with Crippen LogP contribution in [0.5, 0.6) is 0 Å². The molecular formula is C8H17O3PS2. The number of hydrogen-bond acceptors (Lipinski definition) is 5. The largest absolute Gasteiger partial charge is 0.395 e. The first-order valence-electron chi connectivity index (χ1n) is 4.42. The molecule has 0 saturated carbocycles. The van der Waals surface area contributed by atoms with Crippen molar-refractivity contribution < 1.29 is 14.2 Å². The molecule has 3 nitrogen and oxygen atoms in total. The molecule has 0 spiro atoms. The van der Waals surface area contributed by atoms with Crippen LogP contribution < -0.4 is 0 Å². The molecule has 0 heterocycles. The van der Waals surface area contributed by atoms with Crippen LogP contribution >= 0.6 is 17.1 Å².